The first kappa shape index (κ1) is 16.4. The smallest absolute Gasteiger partial charge is 0.0220 e. The van der Waals surface area contributed by atoms with Gasteiger partial charge in [0.1, 0.15) is 0 Å². The number of hydrogen-bond acceptors (Lipinski definition) is 3. The molecule has 0 bridgehead atoms. The highest BCUT2D eigenvalue weighted by Crippen LogP contribution is 2.25. The van der Waals surface area contributed by atoms with E-state index in [4.69, 9.17) is 0 Å². The highest BCUT2D eigenvalue weighted by Gasteiger charge is 2.28. The highest BCUT2D eigenvalue weighted by molar-refractivity contribution is 7.99. The topological polar surface area (TPSA) is 6.48 Å². The molecule has 2 aliphatic heterocycles. The van der Waals surface area contributed by atoms with Crippen molar-refractivity contribution in [3.63, 3.8) is 0 Å². The van der Waals surface area contributed by atoms with E-state index in [1.54, 1.807) is 0 Å². The number of likely N-dealkylation sites (N-methyl/N-ethyl adjacent to an activating group) is 1. The van der Waals surface area contributed by atoms with Gasteiger partial charge in [-0.15, -0.1) is 0 Å². The minimum absolute atomic E-state index is 0.757. The van der Waals surface area contributed by atoms with Crippen LogP contribution in [0.25, 0.3) is 0 Å². The average Bonchev–Trinajstić information content (AvgIpc) is 2.61. The van der Waals surface area contributed by atoms with Gasteiger partial charge in [0.15, 0.2) is 0 Å². The second kappa shape index (κ2) is 8.37. The van der Waals surface area contributed by atoms with Crippen LogP contribution < -0.4 is 0 Å². The molecule has 122 valence electrons. The summed E-state index contributed by atoms with van der Waals surface area (Å²) >= 11 is 2.14. The zero-order valence-corrected chi connectivity index (χ0v) is 14.7. The summed E-state index contributed by atoms with van der Waals surface area (Å²) in [6, 6.07) is 12.5. The molecular formula is C19H30N2S. The van der Waals surface area contributed by atoms with E-state index in [9.17, 15) is 0 Å². The third-order valence-electron chi connectivity index (χ3n) is 5.35. The van der Waals surface area contributed by atoms with Crippen LogP contribution >= 0.6 is 11.8 Å². The minimum Gasteiger partial charge on any atom is -0.302 e. The summed E-state index contributed by atoms with van der Waals surface area (Å²) in [7, 11) is 2.33. The monoisotopic (exact) mass is 318 g/mol. The molecule has 3 rings (SSSR count). The first-order valence-corrected chi connectivity index (χ1v) is 10.0. The molecule has 0 amide bonds. The molecule has 2 heterocycles. The maximum Gasteiger partial charge on any atom is 0.0220 e. The lowest BCUT2D eigenvalue weighted by Crippen LogP contribution is -2.51. The molecule has 0 aromatic heterocycles. The SMILES string of the molecule is CN(CCc1ccccc1)[C@H]1CCCN(C2CCSCC2)C1. The summed E-state index contributed by atoms with van der Waals surface area (Å²) in [5, 5.41) is 0. The molecule has 1 aromatic rings. The van der Waals surface area contributed by atoms with E-state index in [1.807, 2.05) is 0 Å². The first-order chi connectivity index (χ1) is 10.8. The van der Waals surface area contributed by atoms with Crippen molar-refractivity contribution in [3.05, 3.63) is 35.9 Å². The van der Waals surface area contributed by atoms with Crippen LogP contribution in [0.5, 0.6) is 0 Å². The van der Waals surface area contributed by atoms with Gasteiger partial charge in [-0.3, -0.25) is 4.90 Å². The van der Waals surface area contributed by atoms with E-state index in [2.05, 4.69) is 58.9 Å². The molecule has 0 N–H and O–H groups in total. The molecule has 3 heteroatoms. The van der Waals surface area contributed by atoms with Gasteiger partial charge in [0, 0.05) is 25.2 Å². The van der Waals surface area contributed by atoms with Crippen LogP contribution in [0.4, 0.5) is 0 Å². The van der Waals surface area contributed by atoms with Crippen molar-refractivity contribution < 1.29 is 0 Å². The maximum absolute atomic E-state index is 2.80. The second-order valence-corrected chi connectivity index (χ2v) is 8.08. The van der Waals surface area contributed by atoms with Crippen LogP contribution in [0.3, 0.4) is 0 Å². The van der Waals surface area contributed by atoms with Gasteiger partial charge in [0.25, 0.3) is 0 Å². The zero-order valence-electron chi connectivity index (χ0n) is 13.9. The fourth-order valence-electron chi connectivity index (χ4n) is 3.86. The zero-order chi connectivity index (χ0) is 15.2. The summed E-state index contributed by atoms with van der Waals surface area (Å²) in [4.78, 5) is 5.41. The van der Waals surface area contributed by atoms with Gasteiger partial charge in [-0.25, -0.2) is 0 Å². The van der Waals surface area contributed by atoms with Gasteiger partial charge >= 0.3 is 0 Å². The Balaban J connectivity index is 1.48. The Bertz CT molecular complexity index is 430. The van der Waals surface area contributed by atoms with Crippen LogP contribution in [0.2, 0.25) is 0 Å². The molecule has 2 fully saturated rings. The lowest BCUT2D eigenvalue weighted by atomic mass is 9.99. The number of nitrogens with zero attached hydrogens (tertiary/aromatic N) is 2. The van der Waals surface area contributed by atoms with E-state index < -0.39 is 0 Å². The predicted molar refractivity (Wildman–Crippen MR) is 97.7 cm³/mol. The first-order valence-electron chi connectivity index (χ1n) is 8.89. The third kappa shape index (κ3) is 4.50. The fourth-order valence-corrected chi connectivity index (χ4v) is 4.94. The van der Waals surface area contributed by atoms with Gasteiger partial charge in [-0.1, -0.05) is 30.3 Å². The molecule has 2 saturated heterocycles. The van der Waals surface area contributed by atoms with E-state index >= 15 is 0 Å². The van der Waals surface area contributed by atoms with Crippen molar-refractivity contribution in [2.75, 3.05) is 38.2 Å². The van der Waals surface area contributed by atoms with Gasteiger partial charge in [-0.2, -0.15) is 11.8 Å². The molecule has 2 aliphatic rings. The number of piperidine rings is 1. The summed E-state index contributed by atoms with van der Waals surface area (Å²) < 4.78 is 0. The number of thioether (sulfide) groups is 1. The van der Waals surface area contributed by atoms with Gasteiger partial charge < -0.3 is 4.90 Å². The van der Waals surface area contributed by atoms with E-state index in [1.165, 1.54) is 68.8 Å². The highest BCUT2D eigenvalue weighted by atomic mass is 32.2. The molecule has 1 atom stereocenters. The second-order valence-electron chi connectivity index (χ2n) is 6.85. The molecule has 2 nitrogen and oxygen atoms in total. The average molecular weight is 319 g/mol. The standard InChI is InChI=1S/C19H30N2S/c1-20(13-9-17-6-3-2-4-7-17)19-8-5-12-21(16-19)18-10-14-22-15-11-18/h2-4,6-7,18-19H,5,8-16H2,1H3/t19-/m0/s1. The normalized spacial score (nSPS) is 24.7. The predicted octanol–water partition coefficient (Wildman–Crippen LogP) is 3.52. The number of benzene rings is 1. The van der Waals surface area contributed by atoms with Crippen molar-refractivity contribution in [2.45, 2.75) is 44.2 Å². The van der Waals surface area contributed by atoms with Gasteiger partial charge in [0.05, 0.1) is 0 Å². The van der Waals surface area contributed by atoms with Crippen molar-refractivity contribution >= 4 is 11.8 Å². The number of likely N-dealkylation sites (tertiary alicyclic amines) is 1. The largest absolute Gasteiger partial charge is 0.302 e. The van der Waals surface area contributed by atoms with Crippen molar-refractivity contribution in [1.29, 1.82) is 0 Å². The summed E-state index contributed by atoms with van der Waals surface area (Å²) in [6.07, 6.45) is 6.75. The quantitative estimate of drug-likeness (QED) is 0.820. The number of rotatable bonds is 5. The summed E-state index contributed by atoms with van der Waals surface area (Å²) in [5.74, 6) is 2.74. The van der Waals surface area contributed by atoms with Crippen molar-refractivity contribution in [1.82, 2.24) is 9.80 Å². The molecule has 1 aromatic carbocycles. The maximum atomic E-state index is 2.80. The Labute approximate surface area is 140 Å². The van der Waals surface area contributed by atoms with E-state index in [0.29, 0.717) is 0 Å². The van der Waals surface area contributed by atoms with Crippen LogP contribution in [0.15, 0.2) is 30.3 Å². The van der Waals surface area contributed by atoms with Crippen LogP contribution in [0, 0.1) is 0 Å². The van der Waals surface area contributed by atoms with Gasteiger partial charge in [-0.05, 0) is 62.8 Å². The molecule has 0 saturated carbocycles. The Kier molecular flexibility index (Phi) is 6.22. The fraction of sp³-hybridized carbons (Fsp3) is 0.684. The van der Waals surface area contributed by atoms with Crippen molar-refractivity contribution in [2.24, 2.45) is 0 Å². The van der Waals surface area contributed by atoms with Crippen LogP contribution in [0.1, 0.15) is 31.2 Å². The molecule has 0 spiro atoms. The van der Waals surface area contributed by atoms with E-state index in [0.717, 1.165) is 12.1 Å². The van der Waals surface area contributed by atoms with E-state index in [-0.39, 0.29) is 0 Å². The molecule has 0 aliphatic carbocycles. The molecule has 22 heavy (non-hydrogen) atoms. The molecule has 0 unspecified atom stereocenters. The van der Waals surface area contributed by atoms with Gasteiger partial charge in [0.2, 0.25) is 0 Å². The molecule has 0 radical (unpaired) electrons. The Morgan fingerprint density at radius 2 is 1.91 bits per heavy atom. The third-order valence-corrected chi connectivity index (χ3v) is 6.40. The van der Waals surface area contributed by atoms with Crippen LogP contribution in [-0.2, 0) is 6.42 Å². The Morgan fingerprint density at radius 3 is 2.68 bits per heavy atom. The minimum atomic E-state index is 0.757. The Hall–Kier alpha value is -0.510. The number of hydrogen-bond donors (Lipinski definition) is 0. The lowest BCUT2D eigenvalue weighted by molar-refractivity contribution is 0.0812. The lowest BCUT2D eigenvalue weighted by Gasteiger charge is -2.42. The summed E-state index contributed by atoms with van der Waals surface area (Å²) in [6.45, 7) is 3.81. The summed E-state index contributed by atoms with van der Waals surface area (Å²) in [5.41, 5.74) is 1.46. The Morgan fingerprint density at radius 1 is 1.14 bits per heavy atom. The molecular weight excluding hydrogens is 288 g/mol. The van der Waals surface area contributed by atoms with Crippen LogP contribution in [-0.4, -0.2) is 60.1 Å². The van der Waals surface area contributed by atoms with Crippen molar-refractivity contribution in [3.8, 4) is 0 Å².